The van der Waals surface area contributed by atoms with Crippen molar-refractivity contribution in [3.8, 4) is 0 Å². The molecule has 20 heavy (non-hydrogen) atoms. The molecule has 110 valence electrons. The molecule has 0 heterocycles. The minimum atomic E-state index is -4.54. The molecule has 0 saturated carbocycles. The fraction of sp³-hybridized carbons (Fsp3) is 0.385. The molecular formula is C13H15F3N2O2. The second kappa shape index (κ2) is 6.51. The Morgan fingerprint density at radius 2 is 1.95 bits per heavy atom. The largest absolute Gasteiger partial charge is 0.416 e. The maximum atomic E-state index is 12.7. The van der Waals surface area contributed by atoms with Crippen molar-refractivity contribution in [3.05, 3.63) is 29.3 Å². The van der Waals surface area contributed by atoms with Crippen LogP contribution in [0.3, 0.4) is 0 Å². The van der Waals surface area contributed by atoms with Gasteiger partial charge in [0.05, 0.1) is 11.3 Å². The lowest BCUT2D eigenvalue weighted by molar-refractivity contribution is -0.137. The van der Waals surface area contributed by atoms with Crippen LogP contribution < -0.4 is 11.1 Å². The van der Waals surface area contributed by atoms with Crippen LogP contribution >= 0.6 is 0 Å². The van der Waals surface area contributed by atoms with Gasteiger partial charge >= 0.3 is 6.18 Å². The Labute approximate surface area is 114 Å². The van der Waals surface area contributed by atoms with Crippen molar-refractivity contribution in [3.63, 3.8) is 0 Å². The van der Waals surface area contributed by atoms with E-state index in [1.807, 2.05) is 0 Å². The highest BCUT2D eigenvalue weighted by atomic mass is 19.4. The summed E-state index contributed by atoms with van der Waals surface area (Å²) in [6.45, 7) is 1.48. The summed E-state index contributed by atoms with van der Waals surface area (Å²) in [5.74, 6) is -0.942. The van der Waals surface area contributed by atoms with Gasteiger partial charge < -0.3 is 11.1 Å². The molecule has 0 fully saturated rings. The van der Waals surface area contributed by atoms with E-state index < -0.39 is 23.4 Å². The first-order valence-electron chi connectivity index (χ1n) is 5.98. The molecule has 1 aromatic rings. The number of halogens is 3. The number of carbonyl (C=O) groups is 2. The van der Waals surface area contributed by atoms with Crippen LogP contribution in [0.2, 0.25) is 0 Å². The van der Waals surface area contributed by atoms with Crippen molar-refractivity contribution in [1.29, 1.82) is 0 Å². The molecule has 0 aliphatic carbocycles. The number of hydrogen-bond acceptors (Lipinski definition) is 3. The van der Waals surface area contributed by atoms with Gasteiger partial charge in [0.2, 0.25) is 5.91 Å². The van der Waals surface area contributed by atoms with E-state index in [1.165, 1.54) is 6.92 Å². The zero-order valence-electron chi connectivity index (χ0n) is 10.9. The van der Waals surface area contributed by atoms with E-state index in [4.69, 9.17) is 5.73 Å². The molecule has 0 bridgehead atoms. The number of alkyl halides is 3. The molecule has 0 atom stereocenters. The van der Waals surface area contributed by atoms with Crippen molar-refractivity contribution in [1.82, 2.24) is 0 Å². The number of hydrogen-bond donors (Lipinski definition) is 2. The fourth-order valence-electron chi connectivity index (χ4n) is 1.65. The number of amides is 1. The smallest absolute Gasteiger partial charge is 0.330 e. The minimum absolute atomic E-state index is 0.0321. The maximum absolute atomic E-state index is 12.7. The van der Waals surface area contributed by atoms with Crippen molar-refractivity contribution in [2.45, 2.75) is 25.9 Å². The molecule has 0 saturated heterocycles. The Bertz CT molecular complexity index is 513. The van der Waals surface area contributed by atoms with Gasteiger partial charge in [-0.1, -0.05) is 0 Å². The standard InChI is InChI=1S/C13H15F3N2O2/c1-8(19)18-11-5-4-9(13(14,15)16)7-10(11)12(20)3-2-6-17/h4-5,7H,2-3,6,17H2,1H3,(H,18,19). The van der Waals surface area contributed by atoms with E-state index in [1.54, 1.807) is 0 Å². The van der Waals surface area contributed by atoms with Crippen molar-refractivity contribution in [2.24, 2.45) is 5.73 Å². The Hall–Kier alpha value is -1.89. The van der Waals surface area contributed by atoms with Crippen molar-refractivity contribution < 1.29 is 22.8 Å². The van der Waals surface area contributed by atoms with E-state index >= 15 is 0 Å². The van der Waals surface area contributed by atoms with E-state index in [0.29, 0.717) is 6.42 Å². The highest BCUT2D eigenvalue weighted by molar-refractivity contribution is 6.04. The highest BCUT2D eigenvalue weighted by Gasteiger charge is 2.31. The first kappa shape index (κ1) is 16.2. The molecule has 3 N–H and O–H groups in total. The third-order valence-electron chi connectivity index (χ3n) is 2.57. The molecule has 0 aliphatic heterocycles. The normalized spacial score (nSPS) is 11.2. The lowest BCUT2D eigenvalue weighted by Crippen LogP contribution is -2.14. The Kier molecular flexibility index (Phi) is 5.26. The molecule has 4 nitrogen and oxygen atoms in total. The summed E-state index contributed by atoms with van der Waals surface area (Å²) in [7, 11) is 0. The third-order valence-corrected chi connectivity index (χ3v) is 2.57. The average Bonchev–Trinajstić information content (AvgIpc) is 2.34. The van der Waals surface area contributed by atoms with Gasteiger partial charge in [-0.15, -0.1) is 0 Å². The average molecular weight is 288 g/mol. The number of ketones is 1. The molecule has 0 aromatic heterocycles. The number of rotatable bonds is 5. The van der Waals surface area contributed by atoms with E-state index in [9.17, 15) is 22.8 Å². The predicted molar refractivity (Wildman–Crippen MR) is 68.4 cm³/mol. The lowest BCUT2D eigenvalue weighted by Gasteiger charge is -2.13. The van der Waals surface area contributed by atoms with Crippen LogP contribution in [0, 0.1) is 0 Å². The first-order valence-corrected chi connectivity index (χ1v) is 5.98. The van der Waals surface area contributed by atoms with E-state index in [2.05, 4.69) is 5.32 Å². The maximum Gasteiger partial charge on any atom is 0.416 e. The van der Waals surface area contributed by atoms with Gasteiger partial charge in [0, 0.05) is 18.9 Å². The molecule has 0 aliphatic rings. The predicted octanol–water partition coefficient (Wildman–Crippen LogP) is 2.59. The number of nitrogens with one attached hydrogen (secondary N) is 1. The van der Waals surface area contributed by atoms with Gasteiger partial charge in [0.15, 0.2) is 5.78 Å². The zero-order chi connectivity index (χ0) is 15.3. The summed E-state index contributed by atoms with van der Waals surface area (Å²) in [5.41, 5.74) is 4.27. The van der Waals surface area contributed by atoms with Gasteiger partial charge in [-0.3, -0.25) is 9.59 Å². The number of Topliss-reactive ketones (excluding diaryl/α,β-unsaturated/α-hetero) is 1. The van der Waals surface area contributed by atoms with Gasteiger partial charge in [0.25, 0.3) is 0 Å². The topological polar surface area (TPSA) is 72.2 Å². The quantitative estimate of drug-likeness (QED) is 0.818. The number of carbonyl (C=O) groups excluding carboxylic acids is 2. The van der Waals surface area contributed by atoms with E-state index in [-0.39, 0.29) is 24.2 Å². The lowest BCUT2D eigenvalue weighted by atomic mass is 10.0. The van der Waals surface area contributed by atoms with Crippen LogP contribution in [0.4, 0.5) is 18.9 Å². The second-order valence-corrected chi connectivity index (χ2v) is 4.25. The first-order chi connectivity index (χ1) is 9.25. The fourth-order valence-corrected chi connectivity index (χ4v) is 1.65. The number of anilines is 1. The minimum Gasteiger partial charge on any atom is -0.330 e. The molecular weight excluding hydrogens is 273 g/mol. The molecule has 0 radical (unpaired) electrons. The van der Waals surface area contributed by atoms with Gasteiger partial charge in [-0.2, -0.15) is 13.2 Å². The Morgan fingerprint density at radius 1 is 1.30 bits per heavy atom. The molecule has 0 unspecified atom stereocenters. The van der Waals surface area contributed by atoms with Crippen LogP contribution in [-0.2, 0) is 11.0 Å². The SMILES string of the molecule is CC(=O)Nc1ccc(C(F)(F)F)cc1C(=O)CCCN. The number of nitrogens with two attached hydrogens (primary N) is 1. The van der Waals surface area contributed by atoms with Crippen molar-refractivity contribution in [2.75, 3.05) is 11.9 Å². The molecule has 1 amide bonds. The molecule has 7 heteroatoms. The summed E-state index contributed by atoms with van der Waals surface area (Å²) in [5, 5.41) is 2.35. The third kappa shape index (κ3) is 4.34. The molecule has 0 spiro atoms. The van der Waals surface area contributed by atoms with Crippen LogP contribution in [0.5, 0.6) is 0 Å². The number of benzene rings is 1. The Morgan fingerprint density at radius 3 is 2.45 bits per heavy atom. The summed E-state index contributed by atoms with van der Waals surface area (Å²) in [6, 6.07) is 2.66. The van der Waals surface area contributed by atoms with Gasteiger partial charge in [-0.05, 0) is 31.2 Å². The summed E-state index contributed by atoms with van der Waals surface area (Å²) >= 11 is 0. The van der Waals surface area contributed by atoms with Gasteiger partial charge in [-0.25, -0.2) is 0 Å². The summed E-state index contributed by atoms with van der Waals surface area (Å²) in [6.07, 6.45) is -4.14. The highest BCUT2D eigenvalue weighted by Crippen LogP contribution is 2.32. The molecule has 1 rings (SSSR count). The van der Waals surface area contributed by atoms with Crippen LogP contribution in [0.1, 0.15) is 35.7 Å². The van der Waals surface area contributed by atoms with Crippen LogP contribution in [0.15, 0.2) is 18.2 Å². The Balaban J connectivity index is 3.18. The second-order valence-electron chi connectivity index (χ2n) is 4.25. The van der Waals surface area contributed by atoms with Crippen LogP contribution in [-0.4, -0.2) is 18.2 Å². The molecule has 1 aromatic carbocycles. The summed E-state index contributed by atoms with van der Waals surface area (Å²) < 4.78 is 38.0. The zero-order valence-corrected chi connectivity index (χ0v) is 10.9. The van der Waals surface area contributed by atoms with Crippen LogP contribution in [0.25, 0.3) is 0 Å². The van der Waals surface area contributed by atoms with Gasteiger partial charge in [0.1, 0.15) is 0 Å². The van der Waals surface area contributed by atoms with Crippen molar-refractivity contribution >= 4 is 17.4 Å². The summed E-state index contributed by atoms with van der Waals surface area (Å²) in [4.78, 5) is 22.9. The van der Waals surface area contributed by atoms with E-state index in [0.717, 1.165) is 18.2 Å². The monoisotopic (exact) mass is 288 g/mol.